The van der Waals surface area contributed by atoms with Gasteiger partial charge in [0.05, 0.1) is 12.8 Å². The molecule has 0 amide bonds. The molecule has 0 aromatic heterocycles. The van der Waals surface area contributed by atoms with Gasteiger partial charge in [-0.1, -0.05) is 26.0 Å². The number of methoxy groups -OCH3 is 1. The fourth-order valence-electron chi connectivity index (χ4n) is 1.79. The molecule has 0 spiro atoms. The van der Waals surface area contributed by atoms with Crippen molar-refractivity contribution in [1.82, 2.24) is 0 Å². The lowest BCUT2D eigenvalue weighted by atomic mass is 10.0. The zero-order chi connectivity index (χ0) is 17.6. The predicted octanol–water partition coefficient (Wildman–Crippen LogP) is 5.63. The minimum absolute atomic E-state index is 0.328. The number of nitrogens with two attached hydrogens (primary N) is 1. The fraction of sp³-hybridized carbons (Fsp3) is 0.250. The van der Waals surface area contributed by atoms with Gasteiger partial charge < -0.3 is 15.2 Å². The van der Waals surface area contributed by atoms with Crippen LogP contribution in [-0.4, -0.2) is 13.5 Å². The van der Waals surface area contributed by atoms with Crippen molar-refractivity contribution >= 4 is 21.6 Å². The van der Waals surface area contributed by atoms with Gasteiger partial charge in [0.1, 0.15) is 11.5 Å². The molecule has 0 bridgehead atoms. The van der Waals surface area contributed by atoms with Crippen LogP contribution in [0.2, 0.25) is 0 Å². The van der Waals surface area contributed by atoms with E-state index in [2.05, 4.69) is 20.7 Å². The van der Waals surface area contributed by atoms with E-state index < -0.39 is 6.36 Å². The Hall–Kier alpha value is -1.89. The van der Waals surface area contributed by atoms with Gasteiger partial charge in [-0.25, -0.2) is 0 Å². The van der Waals surface area contributed by atoms with Crippen LogP contribution in [0.4, 0.5) is 18.9 Å². The molecule has 3 nitrogen and oxygen atoms in total. The summed E-state index contributed by atoms with van der Waals surface area (Å²) in [4.78, 5) is 0. The molecule has 23 heavy (non-hydrogen) atoms. The van der Waals surface area contributed by atoms with Gasteiger partial charge in [0.15, 0.2) is 0 Å². The molecule has 7 heteroatoms. The largest absolute Gasteiger partial charge is 0.573 e. The summed E-state index contributed by atoms with van der Waals surface area (Å²) in [6, 6.07) is 9.22. The van der Waals surface area contributed by atoms with Crippen molar-refractivity contribution < 1.29 is 22.6 Å². The number of anilines is 1. The molecule has 0 atom stereocenters. The van der Waals surface area contributed by atoms with Crippen LogP contribution in [0.15, 0.2) is 40.9 Å². The summed E-state index contributed by atoms with van der Waals surface area (Å²) in [5.41, 5.74) is 7.32. The highest BCUT2D eigenvalue weighted by molar-refractivity contribution is 9.10. The van der Waals surface area contributed by atoms with E-state index in [4.69, 9.17) is 10.5 Å². The highest BCUT2D eigenvalue weighted by Gasteiger charge is 2.31. The lowest BCUT2D eigenvalue weighted by Crippen LogP contribution is -2.17. The van der Waals surface area contributed by atoms with E-state index in [9.17, 15) is 13.2 Å². The quantitative estimate of drug-likeness (QED) is 0.689. The monoisotopic (exact) mass is 391 g/mol. The number of benzene rings is 2. The zero-order valence-corrected chi connectivity index (χ0v) is 14.5. The summed E-state index contributed by atoms with van der Waals surface area (Å²) in [7, 11) is 1.53. The van der Waals surface area contributed by atoms with Gasteiger partial charge in [0, 0.05) is 10.0 Å². The summed E-state index contributed by atoms with van der Waals surface area (Å²) in [6.45, 7) is 4.00. The van der Waals surface area contributed by atoms with Crippen LogP contribution >= 0.6 is 15.9 Å². The van der Waals surface area contributed by atoms with E-state index in [1.807, 2.05) is 13.8 Å². The Morgan fingerprint density at radius 3 is 2.04 bits per heavy atom. The molecule has 0 heterocycles. The third kappa shape index (κ3) is 5.35. The number of nitrogen functional groups attached to an aromatic ring is 1. The minimum Gasteiger partial charge on any atom is -0.497 e. The summed E-state index contributed by atoms with van der Waals surface area (Å²) < 4.78 is 46.3. The van der Waals surface area contributed by atoms with Crippen LogP contribution in [0.3, 0.4) is 0 Å². The summed E-state index contributed by atoms with van der Waals surface area (Å²) in [6.07, 6.45) is -4.76. The van der Waals surface area contributed by atoms with Crippen molar-refractivity contribution in [3.05, 3.63) is 40.9 Å². The fourth-order valence-corrected chi connectivity index (χ4v) is 2.23. The Labute approximate surface area is 141 Å². The lowest BCUT2D eigenvalue weighted by Gasteiger charge is -2.14. The SMILES string of the molecule is CC.COc1ccc(-c2cc(OC(F)(F)F)cc(Br)c2N)cc1. The second-order valence-electron chi connectivity index (χ2n) is 4.14. The molecule has 2 rings (SSSR count). The summed E-state index contributed by atoms with van der Waals surface area (Å²) >= 11 is 3.13. The topological polar surface area (TPSA) is 44.5 Å². The van der Waals surface area contributed by atoms with Gasteiger partial charge in [0.25, 0.3) is 0 Å². The standard InChI is InChI=1S/C14H11BrF3NO2.C2H6/c1-20-9-4-2-8(3-5-9)11-6-10(21-14(16,17)18)7-12(15)13(11)19;1-2/h2-7H,19H2,1H3;1-2H3. The number of halogens is 4. The lowest BCUT2D eigenvalue weighted by molar-refractivity contribution is -0.274. The third-order valence-electron chi connectivity index (χ3n) is 2.74. The number of hydrogen-bond donors (Lipinski definition) is 1. The average molecular weight is 392 g/mol. The number of ether oxygens (including phenoxy) is 2. The van der Waals surface area contributed by atoms with Crippen molar-refractivity contribution in [2.45, 2.75) is 20.2 Å². The molecular formula is C16H17BrF3NO2. The molecule has 2 N–H and O–H groups in total. The molecule has 0 aliphatic heterocycles. The molecule has 0 saturated heterocycles. The molecule has 0 saturated carbocycles. The van der Waals surface area contributed by atoms with Crippen LogP contribution in [0.5, 0.6) is 11.5 Å². The van der Waals surface area contributed by atoms with Gasteiger partial charge >= 0.3 is 6.36 Å². The van der Waals surface area contributed by atoms with Crippen LogP contribution in [-0.2, 0) is 0 Å². The summed E-state index contributed by atoms with van der Waals surface area (Å²) in [5.74, 6) is 0.300. The average Bonchev–Trinajstić information content (AvgIpc) is 2.51. The van der Waals surface area contributed by atoms with Gasteiger partial charge in [0.2, 0.25) is 0 Å². The van der Waals surface area contributed by atoms with Gasteiger partial charge in [-0.2, -0.15) is 0 Å². The molecule has 2 aromatic rings. The molecular weight excluding hydrogens is 375 g/mol. The zero-order valence-electron chi connectivity index (χ0n) is 12.9. The van der Waals surface area contributed by atoms with Crippen LogP contribution in [0, 0.1) is 0 Å². The van der Waals surface area contributed by atoms with Crippen LogP contribution in [0.25, 0.3) is 11.1 Å². The number of alkyl halides is 3. The van der Waals surface area contributed by atoms with Crippen molar-refractivity contribution in [2.75, 3.05) is 12.8 Å². The Morgan fingerprint density at radius 2 is 1.57 bits per heavy atom. The van der Waals surface area contributed by atoms with Crippen molar-refractivity contribution in [2.24, 2.45) is 0 Å². The van der Waals surface area contributed by atoms with E-state index in [-0.39, 0.29) is 5.75 Å². The molecule has 0 unspecified atom stereocenters. The normalized spacial score (nSPS) is 10.6. The first-order valence-corrected chi connectivity index (χ1v) is 7.58. The maximum Gasteiger partial charge on any atom is 0.573 e. The molecule has 0 fully saturated rings. The molecule has 126 valence electrons. The van der Waals surface area contributed by atoms with Crippen LogP contribution < -0.4 is 15.2 Å². The summed E-state index contributed by atoms with van der Waals surface area (Å²) in [5, 5.41) is 0. The number of hydrogen-bond acceptors (Lipinski definition) is 3. The predicted molar refractivity (Wildman–Crippen MR) is 88.6 cm³/mol. The minimum atomic E-state index is -4.76. The highest BCUT2D eigenvalue weighted by Crippen LogP contribution is 2.38. The third-order valence-corrected chi connectivity index (χ3v) is 3.39. The van der Waals surface area contributed by atoms with Crippen molar-refractivity contribution in [3.8, 4) is 22.6 Å². The Bertz CT molecular complexity index is 643. The van der Waals surface area contributed by atoms with E-state index in [0.29, 0.717) is 27.0 Å². The van der Waals surface area contributed by atoms with E-state index >= 15 is 0 Å². The second-order valence-corrected chi connectivity index (χ2v) is 5.00. The first kappa shape index (κ1) is 19.2. The Balaban J connectivity index is 0.00000127. The van der Waals surface area contributed by atoms with E-state index in [1.54, 1.807) is 24.3 Å². The maximum absolute atomic E-state index is 12.3. The van der Waals surface area contributed by atoms with Gasteiger partial charge in [-0.15, -0.1) is 13.2 Å². The molecule has 0 aliphatic rings. The number of rotatable bonds is 3. The molecule has 0 radical (unpaired) electrons. The van der Waals surface area contributed by atoms with Crippen LogP contribution in [0.1, 0.15) is 13.8 Å². The maximum atomic E-state index is 12.3. The first-order chi connectivity index (χ1) is 10.8. The smallest absolute Gasteiger partial charge is 0.497 e. The van der Waals surface area contributed by atoms with Crippen molar-refractivity contribution in [3.63, 3.8) is 0 Å². The second kappa shape index (κ2) is 8.10. The van der Waals surface area contributed by atoms with E-state index in [1.165, 1.54) is 19.2 Å². The highest BCUT2D eigenvalue weighted by atomic mass is 79.9. The Morgan fingerprint density at radius 1 is 1.00 bits per heavy atom. The van der Waals surface area contributed by atoms with Gasteiger partial charge in [-0.3, -0.25) is 0 Å². The Kier molecular flexibility index (Phi) is 6.75. The molecule has 0 aliphatic carbocycles. The van der Waals surface area contributed by atoms with Gasteiger partial charge in [-0.05, 0) is 45.8 Å². The van der Waals surface area contributed by atoms with E-state index in [0.717, 1.165) is 0 Å². The first-order valence-electron chi connectivity index (χ1n) is 6.79. The molecule has 2 aromatic carbocycles. The van der Waals surface area contributed by atoms with Crippen molar-refractivity contribution in [1.29, 1.82) is 0 Å².